The van der Waals surface area contributed by atoms with E-state index in [0.717, 1.165) is 36.5 Å². The van der Waals surface area contributed by atoms with Crippen LogP contribution in [-0.4, -0.2) is 38.6 Å². The molecule has 0 spiro atoms. The molecule has 4 nitrogen and oxygen atoms in total. The zero-order chi connectivity index (χ0) is 27.9. The van der Waals surface area contributed by atoms with Crippen molar-refractivity contribution >= 4 is 0 Å². The number of hydrogen-bond donors (Lipinski definition) is 0. The van der Waals surface area contributed by atoms with Gasteiger partial charge in [-0.2, -0.15) is 0 Å². The van der Waals surface area contributed by atoms with Gasteiger partial charge in [0, 0.05) is 5.41 Å². The van der Waals surface area contributed by atoms with Crippen molar-refractivity contribution in [1.82, 2.24) is 0 Å². The lowest BCUT2D eigenvalue weighted by Crippen LogP contribution is -2.56. The number of rotatable bonds is 8. The first-order valence-electron chi connectivity index (χ1n) is 15.8. The van der Waals surface area contributed by atoms with E-state index in [-0.39, 0.29) is 28.5 Å². The van der Waals surface area contributed by atoms with Crippen LogP contribution in [0.25, 0.3) is 0 Å². The fourth-order valence-corrected chi connectivity index (χ4v) is 8.73. The van der Waals surface area contributed by atoms with Gasteiger partial charge in [0.25, 0.3) is 0 Å². The molecule has 0 radical (unpaired) electrons. The van der Waals surface area contributed by atoms with Gasteiger partial charge in [-0.05, 0) is 101 Å². The molecule has 8 rings (SSSR count). The minimum atomic E-state index is -0.0119. The molecule has 4 heteroatoms. The molecular formula is C36H48O4. The summed E-state index contributed by atoms with van der Waals surface area (Å²) < 4.78 is 23.6. The van der Waals surface area contributed by atoms with Crippen LogP contribution in [-0.2, 0) is 25.7 Å². The van der Waals surface area contributed by atoms with Gasteiger partial charge in [0.2, 0.25) is 0 Å². The molecule has 0 N–H and O–H groups in total. The van der Waals surface area contributed by atoms with Crippen LogP contribution in [0.15, 0.2) is 36.4 Å². The van der Waals surface area contributed by atoms with Gasteiger partial charge in [-0.3, -0.25) is 0 Å². The first kappa shape index (κ1) is 26.8. The minimum absolute atomic E-state index is 0.0119. The summed E-state index contributed by atoms with van der Waals surface area (Å²) in [6.07, 6.45) is 7.40. The third-order valence-electron chi connectivity index (χ3n) is 10.6. The average molecular weight is 545 g/mol. The third-order valence-corrected chi connectivity index (χ3v) is 10.6. The summed E-state index contributed by atoms with van der Waals surface area (Å²) in [5.74, 6) is 5.22. The Bertz CT molecular complexity index is 1150. The van der Waals surface area contributed by atoms with Crippen molar-refractivity contribution < 1.29 is 18.9 Å². The maximum atomic E-state index is 6.37. The number of ether oxygens (including phenoxy) is 4. The van der Waals surface area contributed by atoms with Gasteiger partial charge in [0.1, 0.15) is 36.9 Å². The van der Waals surface area contributed by atoms with E-state index in [0.29, 0.717) is 25.0 Å². The maximum Gasteiger partial charge on any atom is 0.123 e. The molecule has 2 aliphatic heterocycles. The molecule has 2 aromatic rings. The molecule has 216 valence electrons. The van der Waals surface area contributed by atoms with E-state index in [1.54, 1.807) is 0 Å². The minimum Gasteiger partial charge on any atom is -0.490 e. The molecule has 2 unspecified atom stereocenters. The van der Waals surface area contributed by atoms with Crippen LogP contribution in [0, 0.1) is 23.7 Å². The molecule has 2 atom stereocenters. The predicted molar refractivity (Wildman–Crippen MR) is 159 cm³/mol. The second-order valence-corrected chi connectivity index (χ2v) is 15.6. The fourth-order valence-electron chi connectivity index (χ4n) is 8.73. The van der Waals surface area contributed by atoms with Gasteiger partial charge in [0.15, 0.2) is 0 Å². The quantitative estimate of drug-likeness (QED) is 0.321. The summed E-state index contributed by atoms with van der Waals surface area (Å²) in [4.78, 5) is 0. The summed E-state index contributed by atoms with van der Waals surface area (Å²) in [6.45, 7) is 16.9. The lowest BCUT2D eigenvalue weighted by atomic mass is 9.42. The smallest absolute Gasteiger partial charge is 0.123 e. The summed E-state index contributed by atoms with van der Waals surface area (Å²) in [7, 11) is 0. The molecule has 6 fully saturated rings. The van der Waals surface area contributed by atoms with Crippen LogP contribution >= 0.6 is 0 Å². The van der Waals surface area contributed by atoms with E-state index in [1.807, 2.05) is 0 Å². The number of epoxide rings is 2. The number of benzene rings is 2. The monoisotopic (exact) mass is 544 g/mol. The van der Waals surface area contributed by atoms with E-state index in [1.165, 1.54) is 54.4 Å². The normalized spacial score (nSPS) is 34.1. The molecule has 4 saturated carbocycles. The zero-order valence-electron chi connectivity index (χ0n) is 25.4. The third kappa shape index (κ3) is 4.77. The van der Waals surface area contributed by atoms with Gasteiger partial charge >= 0.3 is 0 Å². The lowest BCUT2D eigenvalue weighted by Gasteiger charge is -2.62. The summed E-state index contributed by atoms with van der Waals surface area (Å²) in [6, 6.07) is 14.5. The Morgan fingerprint density at radius 1 is 0.650 bits per heavy atom. The molecule has 0 amide bonds. The molecule has 0 aromatic heterocycles. The van der Waals surface area contributed by atoms with E-state index < -0.39 is 0 Å². The van der Waals surface area contributed by atoms with Crippen LogP contribution in [0.1, 0.15) is 95.9 Å². The summed E-state index contributed by atoms with van der Waals surface area (Å²) >= 11 is 0. The van der Waals surface area contributed by atoms with Crippen LogP contribution in [0.2, 0.25) is 0 Å². The SMILES string of the molecule is CC(C)(C)c1cc(C2(c3ccc(OCC4CO4)c(C(C)(C)C)c3)C3CC4CC(C3)CC2C4)ccc1OCC1CO1. The highest BCUT2D eigenvalue weighted by atomic mass is 16.6. The molecule has 2 saturated heterocycles. The summed E-state index contributed by atoms with van der Waals surface area (Å²) in [5.41, 5.74) is 5.65. The van der Waals surface area contributed by atoms with Crippen LogP contribution < -0.4 is 9.47 Å². The summed E-state index contributed by atoms with van der Waals surface area (Å²) in [5, 5.41) is 0. The molecule has 40 heavy (non-hydrogen) atoms. The Labute approximate surface area is 241 Å². The highest BCUT2D eigenvalue weighted by Crippen LogP contribution is 2.65. The lowest BCUT2D eigenvalue weighted by molar-refractivity contribution is -0.0419. The van der Waals surface area contributed by atoms with Crippen molar-refractivity contribution in [2.45, 2.75) is 102 Å². The average Bonchev–Trinajstić information content (AvgIpc) is 3.81. The Hall–Kier alpha value is -2.04. The highest BCUT2D eigenvalue weighted by Gasteiger charge is 2.59. The van der Waals surface area contributed by atoms with Gasteiger partial charge in [-0.15, -0.1) is 0 Å². The maximum absolute atomic E-state index is 6.37. The molecule has 6 aliphatic rings. The van der Waals surface area contributed by atoms with Crippen molar-refractivity contribution in [3.8, 4) is 11.5 Å². The topological polar surface area (TPSA) is 43.5 Å². The van der Waals surface area contributed by atoms with Crippen LogP contribution in [0.3, 0.4) is 0 Å². The Balaban J connectivity index is 1.36. The number of hydrogen-bond acceptors (Lipinski definition) is 4. The van der Waals surface area contributed by atoms with Crippen LogP contribution in [0.4, 0.5) is 0 Å². The van der Waals surface area contributed by atoms with Crippen molar-refractivity contribution in [3.63, 3.8) is 0 Å². The van der Waals surface area contributed by atoms with E-state index in [9.17, 15) is 0 Å². The largest absolute Gasteiger partial charge is 0.490 e. The molecule has 2 aromatic carbocycles. The molecule has 4 aliphatic carbocycles. The van der Waals surface area contributed by atoms with E-state index in [2.05, 4.69) is 77.9 Å². The van der Waals surface area contributed by atoms with E-state index >= 15 is 0 Å². The Kier molecular flexibility index (Phi) is 6.37. The highest BCUT2D eigenvalue weighted by molar-refractivity contribution is 5.53. The van der Waals surface area contributed by atoms with Crippen molar-refractivity contribution in [2.24, 2.45) is 23.7 Å². The van der Waals surface area contributed by atoms with Crippen LogP contribution in [0.5, 0.6) is 11.5 Å². The Morgan fingerprint density at radius 3 is 1.40 bits per heavy atom. The fraction of sp³-hybridized carbons (Fsp3) is 0.667. The first-order valence-corrected chi connectivity index (χ1v) is 15.8. The van der Waals surface area contributed by atoms with Crippen molar-refractivity contribution in [1.29, 1.82) is 0 Å². The van der Waals surface area contributed by atoms with Gasteiger partial charge in [0.05, 0.1) is 13.2 Å². The molecule has 4 bridgehead atoms. The second-order valence-electron chi connectivity index (χ2n) is 15.6. The molecular weight excluding hydrogens is 496 g/mol. The first-order chi connectivity index (χ1) is 19.0. The van der Waals surface area contributed by atoms with E-state index in [4.69, 9.17) is 18.9 Å². The van der Waals surface area contributed by atoms with Crippen molar-refractivity contribution in [2.75, 3.05) is 26.4 Å². The predicted octanol–water partition coefficient (Wildman–Crippen LogP) is 7.58. The van der Waals surface area contributed by atoms with Gasteiger partial charge in [-0.1, -0.05) is 65.8 Å². The van der Waals surface area contributed by atoms with Gasteiger partial charge < -0.3 is 18.9 Å². The second kappa shape index (κ2) is 9.49. The Morgan fingerprint density at radius 2 is 1.05 bits per heavy atom. The standard InChI is InChI=1S/C36H48O4/c1-34(2,3)30-16-24(7-9-32(30)39-20-28-18-37-28)36(26-12-22-11-23(14-26)15-27(36)13-22)25-8-10-33(40-21-29-19-38-29)31(17-25)35(4,5)6/h7-10,16-17,22-23,26-29H,11-15,18-21H2,1-6H3. The zero-order valence-corrected chi connectivity index (χ0v) is 25.4. The van der Waals surface area contributed by atoms with Gasteiger partial charge in [-0.25, -0.2) is 0 Å². The van der Waals surface area contributed by atoms with Crippen molar-refractivity contribution in [3.05, 3.63) is 58.7 Å². The molecule has 2 heterocycles.